The molecule has 0 aromatic heterocycles. The Balaban J connectivity index is 2.40. The normalized spacial score (nSPS) is 19.6. The summed E-state index contributed by atoms with van der Waals surface area (Å²) in [5.74, 6) is 0.900. The van der Waals surface area contributed by atoms with Gasteiger partial charge in [-0.1, -0.05) is 0 Å². The van der Waals surface area contributed by atoms with Crippen LogP contribution in [0.5, 0.6) is 5.75 Å². The van der Waals surface area contributed by atoms with Gasteiger partial charge >= 0.3 is 6.03 Å². The molecule has 0 N–H and O–H groups in total. The molecule has 98 valence electrons. The number of urea groups is 1. The van der Waals surface area contributed by atoms with Crippen LogP contribution >= 0.6 is 0 Å². The molecule has 1 saturated heterocycles. The number of aryl methyl sites for hydroxylation is 2. The fourth-order valence-electron chi connectivity index (χ4n) is 2.56. The van der Waals surface area contributed by atoms with Crippen molar-refractivity contribution in [3.8, 4) is 5.75 Å². The maximum atomic E-state index is 11.8. The van der Waals surface area contributed by atoms with Crippen LogP contribution in [-0.2, 0) is 0 Å². The van der Waals surface area contributed by atoms with Crippen molar-refractivity contribution in [2.75, 3.05) is 27.7 Å². The predicted molar refractivity (Wildman–Crippen MR) is 71.0 cm³/mol. The van der Waals surface area contributed by atoms with Crippen molar-refractivity contribution in [2.24, 2.45) is 0 Å². The van der Waals surface area contributed by atoms with Gasteiger partial charge in [-0.05, 0) is 42.7 Å². The molecule has 0 saturated carbocycles. The van der Waals surface area contributed by atoms with E-state index in [9.17, 15) is 4.79 Å². The average molecular weight is 248 g/mol. The van der Waals surface area contributed by atoms with E-state index in [4.69, 9.17) is 4.74 Å². The zero-order valence-corrected chi connectivity index (χ0v) is 11.7. The molecule has 4 heteroatoms. The fourth-order valence-corrected chi connectivity index (χ4v) is 2.56. The van der Waals surface area contributed by atoms with Crippen molar-refractivity contribution in [3.05, 3.63) is 28.8 Å². The van der Waals surface area contributed by atoms with Crippen molar-refractivity contribution >= 4 is 6.03 Å². The van der Waals surface area contributed by atoms with Crippen molar-refractivity contribution in [3.63, 3.8) is 0 Å². The highest BCUT2D eigenvalue weighted by atomic mass is 16.5. The van der Waals surface area contributed by atoms with E-state index in [1.165, 1.54) is 5.56 Å². The molecule has 0 radical (unpaired) electrons. The molecule has 2 amide bonds. The van der Waals surface area contributed by atoms with Crippen molar-refractivity contribution in [1.29, 1.82) is 0 Å². The van der Waals surface area contributed by atoms with Gasteiger partial charge in [0.05, 0.1) is 13.2 Å². The van der Waals surface area contributed by atoms with Gasteiger partial charge in [-0.2, -0.15) is 0 Å². The molecule has 2 rings (SSSR count). The Kier molecular flexibility index (Phi) is 3.20. The van der Waals surface area contributed by atoms with Crippen LogP contribution in [0.25, 0.3) is 0 Å². The van der Waals surface area contributed by atoms with E-state index in [1.807, 2.05) is 27.1 Å². The van der Waals surface area contributed by atoms with Gasteiger partial charge in [-0.15, -0.1) is 0 Å². The molecule has 4 nitrogen and oxygen atoms in total. The Labute approximate surface area is 108 Å². The molecular weight excluding hydrogens is 228 g/mol. The number of benzene rings is 1. The molecule has 1 unspecified atom stereocenters. The summed E-state index contributed by atoms with van der Waals surface area (Å²) in [6.07, 6.45) is 0. The molecule has 0 spiro atoms. The monoisotopic (exact) mass is 248 g/mol. The van der Waals surface area contributed by atoms with Crippen molar-refractivity contribution < 1.29 is 9.53 Å². The zero-order chi connectivity index (χ0) is 13.4. The SMILES string of the molecule is COc1cc(C)c(C2CN(C)C(=O)N2C)cc1C. The lowest BCUT2D eigenvalue weighted by molar-refractivity contribution is 0.201. The second kappa shape index (κ2) is 4.52. The summed E-state index contributed by atoms with van der Waals surface area (Å²) in [6.45, 7) is 4.83. The molecule has 0 bridgehead atoms. The molecule has 1 atom stereocenters. The number of carbonyl (C=O) groups excluding carboxylic acids is 1. The van der Waals surface area contributed by atoms with Gasteiger partial charge in [-0.3, -0.25) is 0 Å². The van der Waals surface area contributed by atoms with Gasteiger partial charge in [0.1, 0.15) is 5.75 Å². The topological polar surface area (TPSA) is 32.8 Å². The number of nitrogens with zero attached hydrogens (tertiary/aromatic N) is 2. The van der Waals surface area contributed by atoms with Gasteiger partial charge in [0, 0.05) is 20.6 Å². The minimum absolute atomic E-state index is 0.0767. The minimum Gasteiger partial charge on any atom is -0.496 e. The van der Waals surface area contributed by atoms with E-state index < -0.39 is 0 Å². The molecule has 18 heavy (non-hydrogen) atoms. The van der Waals surface area contributed by atoms with Crippen LogP contribution in [0.2, 0.25) is 0 Å². The van der Waals surface area contributed by atoms with Crippen molar-refractivity contribution in [2.45, 2.75) is 19.9 Å². The van der Waals surface area contributed by atoms with Gasteiger partial charge in [0.2, 0.25) is 0 Å². The number of ether oxygens (including phenoxy) is 1. The lowest BCUT2D eigenvalue weighted by atomic mass is 9.98. The molecule has 1 heterocycles. The van der Waals surface area contributed by atoms with Crippen LogP contribution in [0, 0.1) is 13.8 Å². The summed E-state index contributed by atoms with van der Waals surface area (Å²) in [5, 5.41) is 0. The van der Waals surface area contributed by atoms with E-state index in [0.717, 1.165) is 23.4 Å². The zero-order valence-electron chi connectivity index (χ0n) is 11.7. The highest BCUT2D eigenvalue weighted by Gasteiger charge is 2.34. The number of likely N-dealkylation sites (N-methyl/N-ethyl adjacent to an activating group) is 2. The van der Waals surface area contributed by atoms with E-state index in [0.29, 0.717) is 0 Å². The number of amides is 2. The summed E-state index contributed by atoms with van der Waals surface area (Å²) < 4.78 is 5.32. The molecule has 1 aromatic rings. The Morgan fingerprint density at radius 3 is 2.39 bits per heavy atom. The summed E-state index contributed by atoms with van der Waals surface area (Å²) in [7, 11) is 5.38. The smallest absolute Gasteiger partial charge is 0.320 e. The second-order valence-electron chi connectivity index (χ2n) is 4.97. The number of rotatable bonds is 2. The van der Waals surface area contributed by atoms with E-state index in [1.54, 1.807) is 16.9 Å². The summed E-state index contributed by atoms with van der Waals surface area (Å²) in [6, 6.07) is 4.38. The van der Waals surface area contributed by atoms with Gasteiger partial charge < -0.3 is 14.5 Å². The van der Waals surface area contributed by atoms with E-state index in [-0.39, 0.29) is 12.1 Å². The number of carbonyl (C=O) groups is 1. The molecule has 1 aliphatic heterocycles. The first-order chi connectivity index (χ1) is 8.45. The number of hydrogen-bond donors (Lipinski definition) is 0. The summed E-state index contributed by atoms with van der Waals surface area (Å²) in [5.41, 5.74) is 3.47. The van der Waals surface area contributed by atoms with Crippen LogP contribution in [0.15, 0.2) is 12.1 Å². The Hall–Kier alpha value is -1.71. The maximum absolute atomic E-state index is 11.8. The summed E-state index contributed by atoms with van der Waals surface area (Å²) >= 11 is 0. The predicted octanol–water partition coefficient (Wildman–Crippen LogP) is 2.35. The lowest BCUT2D eigenvalue weighted by Crippen LogP contribution is -2.26. The van der Waals surface area contributed by atoms with Crippen LogP contribution in [0.3, 0.4) is 0 Å². The maximum Gasteiger partial charge on any atom is 0.320 e. The first-order valence-corrected chi connectivity index (χ1v) is 6.08. The first kappa shape index (κ1) is 12.7. The third-order valence-corrected chi connectivity index (χ3v) is 3.69. The molecule has 0 aliphatic carbocycles. The summed E-state index contributed by atoms with van der Waals surface area (Å²) in [4.78, 5) is 15.4. The van der Waals surface area contributed by atoms with Gasteiger partial charge in [-0.25, -0.2) is 4.79 Å². The number of hydrogen-bond acceptors (Lipinski definition) is 2. The van der Waals surface area contributed by atoms with Gasteiger partial charge in [0.25, 0.3) is 0 Å². The molecule has 1 fully saturated rings. The lowest BCUT2D eigenvalue weighted by Gasteiger charge is -2.21. The minimum atomic E-state index is 0.0767. The van der Waals surface area contributed by atoms with E-state index >= 15 is 0 Å². The molecular formula is C14H20N2O2. The standard InChI is InChI=1S/C14H20N2O2/c1-9-7-13(18-5)10(2)6-11(9)12-8-15(3)14(17)16(12)4/h6-7,12H,8H2,1-5H3. The van der Waals surface area contributed by atoms with Crippen LogP contribution in [0.4, 0.5) is 4.79 Å². The average Bonchev–Trinajstić information content (AvgIpc) is 2.59. The highest BCUT2D eigenvalue weighted by Crippen LogP contribution is 2.32. The molecule has 1 aliphatic rings. The Morgan fingerprint density at radius 1 is 1.22 bits per heavy atom. The van der Waals surface area contributed by atoms with Crippen LogP contribution in [0.1, 0.15) is 22.7 Å². The highest BCUT2D eigenvalue weighted by molar-refractivity contribution is 5.77. The fraction of sp³-hybridized carbons (Fsp3) is 0.500. The van der Waals surface area contributed by atoms with Crippen molar-refractivity contribution in [1.82, 2.24) is 9.80 Å². The Morgan fingerprint density at radius 2 is 1.89 bits per heavy atom. The number of methoxy groups -OCH3 is 1. The second-order valence-corrected chi connectivity index (χ2v) is 4.97. The quantitative estimate of drug-likeness (QED) is 0.805. The largest absolute Gasteiger partial charge is 0.496 e. The van der Waals surface area contributed by atoms with E-state index in [2.05, 4.69) is 13.0 Å². The Bertz CT molecular complexity index is 485. The first-order valence-electron chi connectivity index (χ1n) is 6.08. The van der Waals surface area contributed by atoms with Crippen LogP contribution in [-0.4, -0.2) is 43.6 Å². The van der Waals surface area contributed by atoms with Gasteiger partial charge in [0.15, 0.2) is 0 Å². The third-order valence-electron chi connectivity index (χ3n) is 3.69. The van der Waals surface area contributed by atoms with Crippen LogP contribution < -0.4 is 4.74 Å². The molecule has 1 aromatic carbocycles. The third kappa shape index (κ3) is 1.92.